The van der Waals surface area contributed by atoms with Gasteiger partial charge in [0.15, 0.2) is 0 Å². The highest BCUT2D eigenvalue weighted by Gasteiger charge is 2.44. The first-order chi connectivity index (χ1) is 21.7. The van der Waals surface area contributed by atoms with Gasteiger partial charge in [0, 0.05) is 28.2 Å². The summed E-state index contributed by atoms with van der Waals surface area (Å²) in [6.45, 7) is 13.5. The predicted molar refractivity (Wildman–Crippen MR) is 192 cm³/mol. The number of allylic oxidation sites excluding steroid dienone is 4. The zero-order chi connectivity index (χ0) is 31.3. The number of aryl methyl sites for hydroxylation is 4. The lowest BCUT2D eigenvalue weighted by atomic mass is 9.76. The molecule has 226 valence electrons. The third-order valence-electron chi connectivity index (χ3n) is 10.1. The van der Waals surface area contributed by atoms with Crippen LogP contribution >= 0.6 is 0 Å². The molecule has 2 unspecified atom stereocenters. The molecule has 0 aliphatic heterocycles. The minimum absolute atomic E-state index is 0.0543. The first-order valence-corrected chi connectivity index (χ1v) is 16.4. The lowest BCUT2D eigenvalue weighted by molar-refractivity contribution is 0.518. The molecule has 2 atom stereocenters. The fraction of sp³-hybridized carbons (Fsp3) is 0.256. The molecule has 2 nitrogen and oxygen atoms in total. The van der Waals surface area contributed by atoms with Gasteiger partial charge in [-0.05, 0) is 111 Å². The van der Waals surface area contributed by atoms with E-state index in [0.717, 1.165) is 12.8 Å². The van der Waals surface area contributed by atoms with Crippen LogP contribution in [0.5, 0.6) is 0 Å². The highest BCUT2D eigenvalue weighted by Crippen LogP contribution is 2.56. The lowest BCUT2D eigenvalue weighted by Gasteiger charge is -2.38. The molecule has 3 aliphatic rings. The van der Waals surface area contributed by atoms with Crippen LogP contribution in [-0.4, -0.2) is 12.1 Å². The van der Waals surface area contributed by atoms with Crippen LogP contribution in [0.3, 0.4) is 0 Å². The molecule has 0 heterocycles. The average Bonchev–Trinajstić information content (AvgIpc) is 3.26. The Morgan fingerprint density at radius 2 is 0.956 bits per heavy atom. The molecule has 0 fully saturated rings. The fourth-order valence-corrected chi connectivity index (χ4v) is 7.44. The predicted octanol–water partition coefficient (Wildman–Crippen LogP) is 11.2. The minimum Gasteiger partial charge on any atom is -0.334 e. The molecule has 2 heteroatoms. The molecule has 7 rings (SSSR count). The van der Waals surface area contributed by atoms with Crippen molar-refractivity contribution in [2.45, 2.75) is 66.5 Å². The Kier molecular flexibility index (Phi) is 7.40. The van der Waals surface area contributed by atoms with E-state index in [1.165, 1.54) is 61.7 Å². The van der Waals surface area contributed by atoms with E-state index in [-0.39, 0.29) is 17.5 Å². The van der Waals surface area contributed by atoms with E-state index in [4.69, 9.17) is 0 Å². The minimum atomic E-state index is -0.0543. The summed E-state index contributed by atoms with van der Waals surface area (Å²) >= 11 is 0. The molecule has 4 aromatic carbocycles. The van der Waals surface area contributed by atoms with Crippen molar-refractivity contribution in [3.63, 3.8) is 0 Å². The Bertz CT molecular complexity index is 1740. The topological polar surface area (TPSA) is 6.48 Å². The summed E-state index contributed by atoms with van der Waals surface area (Å²) in [7, 11) is 0. The van der Waals surface area contributed by atoms with Crippen LogP contribution in [0.2, 0.25) is 0 Å². The largest absolute Gasteiger partial charge is 0.334 e. The number of rotatable bonds is 6. The number of hydrogen-bond acceptors (Lipinski definition) is 2. The molecule has 3 aliphatic carbocycles. The molecule has 0 amide bonds. The van der Waals surface area contributed by atoms with E-state index in [9.17, 15) is 0 Å². The maximum absolute atomic E-state index is 2.58. The monoisotopic (exact) mass is 588 g/mol. The molecule has 0 aromatic heterocycles. The highest BCUT2D eigenvalue weighted by molar-refractivity contribution is 5.73. The van der Waals surface area contributed by atoms with Gasteiger partial charge in [0.05, 0.1) is 12.1 Å². The highest BCUT2D eigenvalue weighted by atomic mass is 15.2. The van der Waals surface area contributed by atoms with Gasteiger partial charge in [0.1, 0.15) is 0 Å². The van der Waals surface area contributed by atoms with Gasteiger partial charge in [-0.3, -0.25) is 0 Å². The van der Waals surface area contributed by atoms with Gasteiger partial charge in [-0.15, -0.1) is 0 Å². The zero-order valence-electron chi connectivity index (χ0n) is 27.5. The Balaban J connectivity index is 1.24. The Morgan fingerprint density at radius 1 is 0.556 bits per heavy atom. The van der Waals surface area contributed by atoms with Gasteiger partial charge in [0.25, 0.3) is 0 Å². The normalized spacial score (nSPS) is 19.9. The fourth-order valence-electron chi connectivity index (χ4n) is 7.44. The third kappa shape index (κ3) is 5.37. The van der Waals surface area contributed by atoms with Gasteiger partial charge >= 0.3 is 0 Å². The van der Waals surface area contributed by atoms with Gasteiger partial charge in [-0.2, -0.15) is 0 Å². The molecule has 0 saturated carbocycles. The molecular formula is C43H44N2. The summed E-state index contributed by atoms with van der Waals surface area (Å²) in [6.07, 6.45) is 11.9. The van der Waals surface area contributed by atoms with E-state index in [2.05, 4.69) is 173 Å². The summed E-state index contributed by atoms with van der Waals surface area (Å²) < 4.78 is 0. The summed E-state index contributed by atoms with van der Waals surface area (Å²) in [5.74, 6) is 0. The van der Waals surface area contributed by atoms with E-state index in [1.807, 2.05) is 0 Å². The van der Waals surface area contributed by atoms with Gasteiger partial charge in [-0.25, -0.2) is 0 Å². The van der Waals surface area contributed by atoms with Crippen molar-refractivity contribution in [2.24, 2.45) is 5.41 Å². The summed E-state index contributed by atoms with van der Waals surface area (Å²) in [5.41, 5.74) is 15.9. The summed E-state index contributed by atoms with van der Waals surface area (Å²) in [5, 5.41) is 0. The maximum atomic E-state index is 2.58. The first kappa shape index (κ1) is 29.2. The van der Waals surface area contributed by atoms with Crippen LogP contribution in [0, 0.1) is 33.1 Å². The smallest absolute Gasteiger partial charge is 0.0563 e. The third-order valence-corrected chi connectivity index (χ3v) is 10.1. The summed E-state index contributed by atoms with van der Waals surface area (Å²) in [6, 6.07) is 36.5. The average molecular weight is 589 g/mol. The number of benzene rings is 4. The second-order valence-corrected chi connectivity index (χ2v) is 13.7. The van der Waals surface area contributed by atoms with Crippen molar-refractivity contribution in [2.75, 3.05) is 9.80 Å². The van der Waals surface area contributed by atoms with Crippen LogP contribution in [-0.2, 0) is 0 Å². The molecule has 4 aromatic rings. The van der Waals surface area contributed by atoms with Crippen LogP contribution in [0.4, 0.5) is 22.7 Å². The van der Waals surface area contributed by atoms with Crippen molar-refractivity contribution in [1.29, 1.82) is 0 Å². The second-order valence-electron chi connectivity index (χ2n) is 13.7. The van der Waals surface area contributed by atoms with Crippen molar-refractivity contribution in [3.05, 3.63) is 166 Å². The van der Waals surface area contributed by atoms with E-state index >= 15 is 0 Å². The van der Waals surface area contributed by atoms with Crippen molar-refractivity contribution >= 4 is 22.7 Å². The molecule has 0 spiro atoms. The number of nitrogens with zero attached hydrogens (tertiary/aromatic N) is 2. The van der Waals surface area contributed by atoms with Crippen LogP contribution in [0.1, 0.15) is 48.9 Å². The lowest BCUT2D eigenvalue weighted by Crippen LogP contribution is -2.33. The molecule has 0 saturated heterocycles. The van der Waals surface area contributed by atoms with Crippen LogP contribution < -0.4 is 9.80 Å². The van der Waals surface area contributed by atoms with Gasteiger partial charge < -0.3 is 9.80 Å². The summed E-state index contributed by atoms with van der Waals surface area (Å²) in [4.78, 5) is 5.06. The SMILES string of the molecule is Cc1ccc(N(c2ccc(C)cc2)C2C=C3C(=CC2)C2=C(CC(N(c4ccc(C)cc4)c4ccc(C)cc4)C=C2)C3(C)C)cc1. The standard InChI is InChI=1S/C43H44N2/c1-29-7-15-33(16-8-29)44(34-17-9-30(2)10-18-34)37-23-25-39-40-26-24-38(28-42(40)43(5,6)41(39)27-37)45(35-19-11-31(3)12-20-35)36-21-13-32(4)14-22-36/h7-23,25-26,28,37-38H,24,27H2,1-6H3. The zero-order valence-corrected chi connectivity index (χ0v) is 27.5. The molecule has 45 heavy (non-hydrogen) atoms. The van der Waals surface area contributed by atoms with Gasteiger partial charge in [0.2, 0.25) is 0 Å². The van der Waals surface area contributed by atoms with E-state index in [0.29, 0.717) is 0 Å². The first-order valence-electron chi connectivity index (χ1n) is 16.4. The second kappa shape index (κ2) is 11.4. The Morgan fingerprint density at radius 3 is 1.38 bits per heavy atom. The van der Waals surface area contributed by atoms with E-state index < -0.39 is 0 Å². The molecule has 0 bridgehead atoms. The van der Waals surface area contributed by atoms with Crippen molar-refractivity contribution in [1.82, 2.24) is 0 Å². The number of anilines is 4. The molecule has 0 N–H and O–H groups in total. The van der Waals surface area contributed by atoms with Gasteiger partial charge in [-0.1, -0.05) is 109 Å². The van der Waals surface area contributed by atoms with Crippen LogP contribution in [0.25, 0.3) is 0 Å². The quantitative estimate of drug-likeness (QED) is 0.221. The molecule has 0 radical (unpaired) electrons. The molecular weight excluding hydrogens is 544 g/mol. The van der Waals surface area contributed by atoms with Crippen LogP contribution in [0.15, 0.2) is 144 Å². The Hall–Kier alpha value is -4.56. The van der Waals surface area contributed by atoms with E-state index in [1.54, 1.807) is 5.57 Å². The van der Waals surface area contributed by atoms with Crippen molar-refractivity contribution < 1.29 is 0 Å². The number of hydrogen-bond donors (Lipinski definition) is 0. The maximum Gasteiger partial charge on any atom is 0.0563 e. The van der Waals surface area contributed by atoms with Crippen molar-refractivity contribution in [3.8, 4) is 0 Å². The Labute approximate surface area is 269 Å². The number of fused-ring (bicyclic) bond motifs is 2.